The maximum atomic E-state index is 6.35. The zero-order valence-electron chi connectivity index (χ0n) is 12.1. The highest BCUT2D eigenvalue weighted by molar-refractivity contribution is 6.31. The quantitative estimate of drug-likeness (QED) is 0.890. The van der Waals surface area contributed by atoms with Crippen molar-refractivity contribution >= 4 is 11.6 Å². The van der Waals surface area contributed by atoms with Crippen molar-refractivity contribution in [2.75, 3.05) is 13.7 Å². The molecule has 0 bridgehead atoms. The molecule has 1 heterocycles. The average Bonchev–Trinajstić information content (AvgIpc) is 2.86. The van der Waals surface area contributed by atoms with E-state index >= 15 is 0 Å². The first kappa shape index (κ1) is 14.8. The van der Waals surface area contributed by atoms with Crippen molar-refractivity contribution < 1.29 is 4.74 Å². The number of aryl methyl sites for hydroxylation is 1. The fraction of sp³-hybridized carbons (Fsp3) is 0.625. The molecular weight excluding hydrogens is 258 g/mol. The summed E-state index contributed by atoms with van der Waals surface area (Å²) >= 11 is 6.35. The minimum Gasteiger partial charge on any atom is -0.378 e. The van der Waals surface area contributed by atoms with E-state index in [2.05, 4.69) is 31.3 Å². The van der Waals surface area contributed by atoms with Gasteiger partial charge in [-0.2, -0.15) is 0 Å². The summed E-state index contributed by atoms with van der Waals surface area (Å²) < 4.78 is 5.81. The number of rotatable bonds is 5. The van der Waals surface area contributed by atoms with Crippen molar-refractivity contribution in [3.8, 4) is 0 Å². The van der Waals surface area contributed by atoms with Crippen LogP contribution in [0.3, 0.4) is 0 Å². The fourth-order valence-electron chi connectivity index (χ4n) is 3.07. The summed E-state index contributed by atoms with van der Waals surface area (Å²) in [7, 11) is 2.04. The second-order valence-corrected chi connectivity index (χ2v) is 5.87. The molecule has 1 aliphatic heterocycles. The molecule has 3 unspecified atom stereocenters. The fourth-order valence-corrected chi connectivity index (χ4v) is 3.38. The number of hydrogen-bond donors (Lipinski definition) is 1. The lowest BCUT2D eigenvalue weighted by Crippen LogP contribution is -2.39. The highest BCUT2D eigenvalue weighted by atomic mass is 35.5. The number of hydrogen-bond acceptors (Lipinski definition) is 2. The summed E-state index contributed by atoms with van der Waals surface area (Å²) in [5, 5.41) is 4.34. The molecule has 1 aliphatic rings. The Morgan fingerprint density at radius 1 is 1.47 bits per heavy atom. The molecule has 0 saturated carbocycles. The van der Waals surface area contributed by atoms with E-state index in [1.165, 1.54) is 11.1 Å². The molecular formula is C16H24ClNO. The van der Waals surface area contributed by atoms with Crippen LogP contribution in [0.5, 0.6) is 0 Å². The van der Waals surface area contributed by atoms with E-state index < -0.39 is 0 Å². The molecule has 1 aromatic rings. The van der Waals surface area contributed by atoms with Gasteiger partial charge in [0.25, 0.3) is 0 Å². The molecule has 3 heteroatoms. The van der Waals surface area contributed by atoms with E-state index in [9.17, 15) is 0 Å². The highest BCUT2D eigenvalue weighted by Gasteiger charge is 2.33. The molecule has 3 atom stereocenters. The van der Waals surface area contributed by atoms with Gasteiger partial charge in [-0.1, -0.05) is 30.7 Å². The van der Waals surface area contributed by atoms with Gasteiger partial charge < -0.3 is 10.1 Å². The second kappa shape index (κ2) is 6.74. The first-order valence-electron chi connectivity index (χ1n) is 7.19. The van der Waals surface area contributed by atoms with Crippen molar-refractivity contribution in [2.24, 2.45) is 5.92 Å². The standard InChI is InChI=1S/C16H24ClNO/c1-4-16-13(7-8-19-16)15(18-3)10-12-6-5-11(2)9-14(12)17/h5-6,9,13,15-16,18H,4,7-8,10H2,1-3H3. The van der Waals surface area contributed by atoms with Gasteiger partial charge in [0.1, 0.15) is 0 Å². The third-order valence-electron chi connectivity index (χ3n) is 4.20. The van der Waals surface area contributed by atoms with Crippen molar-refractivity contribution in [1.82, 2.24) is 5.32 Å². The Morgan fingerprint density at radius 2 is 2.26 bits per heavy atom. The molecule has 0 amide bonds. The lowest BCUT2D eigenvalue weighted by Gasteiger charge is -2.27. The molecule has 2 rings (SSSR count). The van der Waals surface area contributed by atoms with Crippen LogP contribution in [0, 0.1) is 12.8 Å². The number of ether oxygens (including phenoxy) is 1. The maximum Gasteiger partial charge on any atom is 0.0616 e. The number of likely N-dealkylation sites (N-methyl/N-ethyl adjacent to an activating group) is 1. The molecule has 0 aromatic heterocycles. The minimum atomic E-state index is 0.390. The summed E-state index contributed by atoms with van der Waals surface area (Å²) in [5.74, 6) is 0.590. The number of nitrogens with one attached hydrogen (secondary N) is 1. The topological polar surface area (TPSA) is 21.3 Å². The van der Waals surface area contributed by atoms with E-state index in [1.54, 1.807) is 0 Å². The van der Waals surface area contributed by atoms with E-state index in [-0.39, 0.29) is 0 Å². The first-order valence-corrected chi connectivity index (χ1v) is 7.57. The third-order valence-corrected chi connectivity index (χ3v) is 4.55. The van der Waals surface area contributed by atoms with Gasteiger partial charge in [0.05, 0.1) is 6.10 Å². The molecule has 1 aromatic carbocycles. The molecule has 106 valence electrons. The van der Waals surface area contributed by atoms with Gasteiger partial charge in [-0.25, -0.2) is 0 Å². The molecule has 2 nitrogen and oxygen atoms in total. The third kappa shape index (κ3) is 3.50. The van der Waals surface area contributed by atoms with Crippen molar-refractivity contribution in [3.05, 3.63) is 34.3 Å². The summed E-state index contributed by atoms with van der Waals surface area (Å²) in [5.41, 5.74) is 2.44. The van der Waals surface area contributed by atoms with Crippen molar-refractivity contribution in [3.63, 3.8) is 0 Å². The van der Waals surface area contributed by atoms with Crippen molar-refractivity contribution in [1.29, 1.82) is 0 Å². The molecule has 1 fully saturated rings. The number of halogens is 1. The van der Waals surface area contributed by atoms with E-state index in [0.29, 0.717) is 18.1 Å². The molecule has 19 heavy (non-hydrogen) atoms. The van der Waals surface area contributed by atoms with Crippen LogP contribution >= 0.6 is 11.6 Å². The van der Waals surface area contributed by atoms with Gasteiger partial charge in [0.15, 0.2) is 0 Å². The van der Waals surface area contributed by atoms with Crippen LogP contribution < -0.4 is 5.32 Å². The van der Waals surface area contributed by atoms with Gasteiger partial charge in [0, 0.05) is 23.6 Å². The average molecular weight is 282 g/mol. The van der Waals surface area contributed by atoms with Crippen LogP contribution in [0.15, 0.2) is 18.2 Å². The Kier molecular flexibility index (Phi) is 5.26. The summed E-state index contributed by atoms with van der Waals surface area (Å²) in [6, 6.07) is 6.77. The molecule has 0 aliphatic carbocycles. The van der Waals surface area contributed by atoms with Crippen molar-refractivity contribution in [2.45, 2.75) is 45.3 Å². The largest absolute Gasteiger partial charge is 0.378 e. The predicted molar refractivity (Wildman–Crippen MR) is 80.9 cm³/mol. The molecule has 1 N–H and O–H groups in total. The SMILES string of the molecule is CCC1OCCC1C(Cc1ccc(C)cc1Cl)NC. The van der Waals surface area contributed by atoms with Gasteiger partial charge >= 0.3 is 0 Å². The zero-order chi connectivity index (χ0) is 13.8. The summed E-state index contributed by atoms with van der Waals surface area (Å²) in [6.45, 7) is 5.17. The monoisotopic (exact) mass is 281 g/mol. The van der Waals surface area contributed by atoms with Crippen LogP contribution in [0.2, 0.25) is 5.02 Å². The lowest BCUT2D eigenvalue weighted by molar-refractivity contribution is 0.0783. The molecule has 0 spiro atoms. The van der Waals surface area contributed by atoms with Gasteiger partial charge in [-0.3, -0.25) is 0 Å². The van der Waals surface area contributed by atoms with Gasteiger partial charge in [-0.05, 0) is 50.4 Å². The van der Waals surface area contributed by atoms with E-state index in [1.807, 2.05) is 13.1 Å². The van der Waals surface area contributed by atoms with E-state index in [4.69, 9.17) is 16.3 Å². The zero-order valence-corrected chi connectivity index (χ0v) is 12.8. The highest BCUT2D eigenvalue weighted by Crippen LogP contribution is 2.29. The summed E-state index contributed by atoms with van der Waals surface area (Å²) in [4.78, 5) is 0. The Morgan fingerprint density at radius 3 is 2.89 bits per heavy atom. The van der Waals surface area contributed by atoms with E-state index in [0.717, 1.165) is 30.9 Å². The molecule has 1 saturated heterocycles. The minimum absolute atomic E-state index is 0.390. The van der Waals surface area contributed by atoms with Crippen LogP contribution in [-0.2, 0) is 11.2 Å². The smallest absolute Gasteiger partial charge is 0.0616 e. The Balaban J connectivity index is 2.10. The normalized spacial score (nSPS) is 24.6. The Hall–Kier alpha value is -0.570. The summed E-state index contributed by atoms with van der Waals surface area (Å²) in [6.07, 6.45) is 3.60. The lowest BCUT2D eigenvalue weighted by atomic mass is 9.87. The number of benzene rings is 1. The first-order chi connectivity index (χ1) is 9.15. The maximum absolute atomic E-state index is 6.35. The van der Waals surface area contributed by atoms with Crippen LogP contribution in [0.25, 0.3) is 0 Å². The predicted octanol–water partition coefficient (Wildman–Crippen LogP) is 3.59. The van der Waals surface area contributed by atoms with Crippen LogP contribution in [0.4, 0.5) is 0 Å². The molecule has 0 radical (unpaired) electrons. The Labute approximate surface area is 121 Å². The second-order valence-electron chi connectivity index (χ2n) is 5.46. The van der Waals surface area contributed by atoms with Crippen LogP contribution in [-0.4, -0.2) is 25.8 Å². The van der Waals surface area contributed by atoms with Crippen LogP contribution in [0.1, 0.15) is 30.9 Å². The van der Waals surface area contributed by atoms with Gasteiger partial charge in [0.2, 0.25) is 0 Å². The Bertz CT molecular complexity index is 421. The van der Waals surface area contributed by atoms with Gasteiger partial charge in [-0.15, -0.1) is 0 Å².